The average Bonchev–Trinajstić information content (AvgIpc) is 2.28. The molecule has 0 radical (unpaired) electrons. The molecule has 18 heavy (non-hydrogen) atoms. The van der Waals surface area contributed by atoms with Gasteiger partial charge in [-0.15, -0.1) is 0 Å². The third-order valence-corrected chi connectivity index (χ3v) is 2.38. The number of hydrogen-bond donors (Lipinski definition) is 1. The lowest BCUT2D eigenvalue weighted by Gasteiger charge is -2.25. The predicted octanol–water partition coefficient (Wildman–Crippen LogP) is 1.68. The Kier molecular flexibility index (Phi) is 5.16. The molecule has 0 aliphatic carbocycles. The fourth-order valence-electron chi connectivity index (χ4n) is 1.63. The summed E-state index contributed by atoms with van der Waals surface area (Å²) in [6.07, 6.45) is 0.307. The van der Waals surface area contributed by atoms with E-state index >= 15 is 0 Å². The quantitative estimate of drug-likeness (QED) is 0.837. The number of carbonyl (C=O) groups is 1. The Morgan fingerprint density at radius 1 is 1.33 bits per heavy atom. The number of carbonyl (C=O) groups excluding carboxylic acids is 1. The molecule has 0 fully saturated rings. The molecule has 0 heterocycles. The summed E-state index contributed by atoms with van der Waals surface area (Å²) in [4.78, 5) is 13.3. The molecule has 0 saturated heterocycles. The van der Waals surface area contributed by atoms with Crippen LogP contribution in [0.2, 0.25) is 0 Å². The van der Waals surface area contributed by atoms with Gasteiger partial charge in [-0.25, -0.2) is 0 Å². The monoisotopic (exact) mass is 251 g/mol. The van der Waals surface area contributed by atoms with Gasteiger partial charge < -0.3 is 14.7 Å². The molecule has 1 rings (SSSR count). The van der Waals surface area contributed by atoms with Crippen molar-refractivity contribution < 1.29 is 14.6 Å². The van der Waals surface area contributed by atoms with Crippen molar-refractivity contribution >= 4 is 5.91 Å². The number of nitrogens with zero attached hydrogens (tertiary/aromatic N) is 1. The van der Waals surface area contributed by atoms with Gasteiger partial charge in [0, 0.05) is 13.6 Å². The van der Waals surface area contributed by atoms with E-state index in [1.807, 2.05) is 30.3 Å². The van der Waals surface area contributed by atoms with Gasteiger partial charge in [-0.1, -0.05) is 18.2 Å². The van der Waals surface area contributed by atoms with Gasteiger partial charge in [0.1, 0.15) is 5.75 Å². The molecule has 1 N–H and O–H groups in total. The zero-order valence-corrected chi connectivity index (χ0v) is 11.2. The SMILES string of the molecule is CN(CC(C)(C)O)C(=O)CCOc1ccccc1. The number of benzene rings is 1. The molecule has 0 atom stereocenters. The average molecular weight is 251 g/mol. The molecule has 0 aromatic heterocycles. The molecule has 0 aliphatic rings. The van der Waals surface area contributed by atoms with Crippen molar-refractivity contribution in [1.82, 2.24) is 4.90 Å². The zero-order chi connectivity index (χ0) is 13.6. The van der Waals surface area contributed by atoms with Crippen LogP contribution in [0.25, 0.3) is 0 Å². The molecule has 0 unspecified atom stereocenters. The van der Waals surface area contributed by atoms with Crippen molar-refractivity contribution in [2.45, 2.75) is 25.9 Å². The maximum Gasteiger partial charge on any atom is 0.225 e. The molecule has 1 amide bonds. The van der Waals surface area contributed by atoms with Crippen LogP contribution in [0.5, 0.6) is 5.75 Å². The van der Waals surface area contributed by atoms with Gasteiger partial charge in [0.25, 0.3) is 0 Å². The Bertz CT molecular complexity index is 370. The van der Waals surface area contributed by atoms with Gasteiger partial charge in [-0.3, -0.25) is 4.79 Å². The zero-order valence-electron chi connectivity index (χ0n) is 11.2. The maximum atomic E-state index is 11.7. The van der Waals surface area contributed by atoms with Gasteiger partial charge in [-0.05, 0) is 26.0 Å². The lowest BCUT2D eigenvalue weighted by atomic mass is 10.1. The molecule has 0 saturated carbocycles. The summed E-state index contributed by atoms with van der Waals surface area (Å²) in [7, 11) is 1.68. The van der Waals surface area contributed by atoms with Crippen LogP contribution in [-0.4, -0.2) is 41.7 Å². The van der Waals surface area contributed by atoms with Crippen LogP contribution in [0.3, 0.4) is 0 Å². The van der Waals surface area contributed by atoms with Crippen molar-refractivity contribution in [2.75, 3.05) is 20.2 Å². The Labute approximate surface area is 108 Å². The number of rotatable bonds is 6. The van der Waals surface area contributed by atoms with E-state index < -0.39 is 5.60 Å². The minimum Gasteiger partial charge on any atom is -0.493 e. The Morgan fingerprint density at radius 2 is 1.94 bits per heavy atom. The van der Waals surface area contributed by atoms with Crippen LogP contribution in [0.15, 0.2) is 30.3 Å². The molecule has 0 aliphatic heterocycles. The number of aliphatic hydroxyl groups is 1. The van der Waals surface area contributed by atoms with Gasteiger partial charge >= 0.3 is 0 Å². The number of ether oxygens (including phenoxy) is 1. The van der Waals surface area contributed by atoms with Gasteiger partial charge in [0.15, 0.2) is 0 Å². The van der Waals surface area contributed by atoms with Crippen LogP contribution in [-0.2, 0) is 4.79 Å². The molecule has 100 valence electrons. The highest BCUT2D eigenvalue weighted by Crippen LogP contribution is 2.09. The van der Waals surface area contributed by atoms with Crippen molar-refractivity contribution in [3.8, 4) is 5.75 Å². The van der Waals surface area contributed by atoms with E-state index in [1.165, 1.54) is 4.90 Å². The highest BCUT2D eigenvalue weighted by Gasteiger charge is 2.18. The first-order valence-electron chi connectivity index (χ1n) is 6.03. The summed E-state index contributed by atoms with van der Waals surface area (Å²) < 4.78 is 5.45. The largest absolute Gasteiger partial charge is 0.493 e. The molecule has 1 aromatic rings. The number of amides is 1. The first kappa shape index (κ1) is 14.5. The standard InChI is InChI=1S/C14H21NO3/c1-14(2,17)11-15(3)13(16)9-10-18-12-7-5-4-6-8-12/h4-8,17H,9-11H2,1-3H3. The Balaban J connectivity index is 2.29. The van der Waals surface area contributed by atoms with Gasteiger partial charge in [-0.2, -0.15) is 0 Å². The first-order chi connectivity index (χ1) is 8.38. The number of likely N-dealkylation sites (N-methyl/N-ethyl adjacent to an activating group) is 1. The second kappa shape index (κ2) is 6.40. The van der Waals surface area contributed by atoms with E-state index in [0.29, 0.717) is 19.6 Å². The summed E-state index contributed by atoms with van der Waals surface area (Å²) in [5.41, 5.74) is -0.870. The normalized spacial score (nSPS) is 11.1. The smallest absolute Gasteiger partial charge is 0.225 e. The first-order valence-corrected chi connectivity index (χ1v) is 6.03. The van der Waals surface area contributed by atoms with Crippen molar-refractivity contribution in [2.24, 2.45) is 0 Å². The lowest BCUT2D eigenvalue weighted by molar-refractivity contribution is -0.133. The molecule has 1 aromatic carbocycles. The summed E-state index contributed by atoms with van der Waals surface area (Å²) >= 11 is 0. The fourth-order valence-corrected chi connectivity index (χ4v) is 1.63. The van der Waals surface area contributed by atoms with Crippen molar-refractivity contribution in [1.29, 1.82) is 0 Å². The molecule has 4 heteroatoms. The highest BCUT2D eigenvalue weighted by atomic mass is 16.5. The molecular formula is C14H21NO3. The highest BCUT2D eigenvalue weighted by molar-refractivity contribution is 5.76. The van der Waals surface area contributed by atoms with Gasteiger partial charge in [0.05, 0.1) is 18.6 Å². The number of para-hydroxylation sites is 1. The molecular weight excluding hydrogens is 230 g/mol. The summed E-state index contributed by atoms with van der Waals surface area (Å²) in [5.74, 6) is 0.725. The van der Waals surface area contributed by atoms with Crippen LogP contribution in [0.1, 0.15) is 20.3 Å². The van der Waals surface area contributed by atoms with E-state index in [0.717, 1.165) is 5.75 Å². The Morgan fingerprint density at radius 3 is 2.50 bits per heavy atom. The predicted molar refractivity (Wildman–Crippen MR) is 70.5 cm³/mol. The second-order valence-electron chi connectivity index (χ2n) is 4.97. The van der Waals surface area contributed by atoms with E-state index in [-0.39, 0.29) is 5.91 Å². The lowest BCUT2D eigenvalue weighted by Crippen LogP contribution is -2.40. The molecule has 0 bridgehead atoms. The van der Waals surface area contributed by atoms with E-state index in [9.17, 15) is 9.90 Å². The second-order valence-corrected chi connectivity index (χ2v) is 4.97. The van der Waals surface area contributed by atoms with Crippen molar-refractivity contribution in [3.05, 3.63) is 30.3 Å². The molecule has 4 nitrogen and oxygen atoms in total. The van der Waals surface area contributed by atoms with Crippen LogP contribution in [0.4, 0.5) is 0 Å². The fraction of sp³-hybridized carbons (Fsp3) is 0.500. The van der Waals surface area contributed by atoms with Crippen molar-refractivity contribution in [3.63, 3.8) is 0 Å². The third kappa shape index (κ3) is 5.68. The Hall–Kier alpha value is -1.55. The minimum absolute atomic E-state index is 0.0342. The van der Waals surface area contributed by atoms with Crippen LogP contribution < -0.4 is 4.74 Å². The van der Waals surface area contributed by atoms with Crippen LogP contribution >= 0.6 is 0 Å². The summed E-state index contributed by atoms with van der Waals surface area (Å²) in [6, 6.07) is 9.39. The summed E-state index contributed by atoms with van der Waals surface area (Å²) in [6.45, 7) is 4.02. The van der Waals surface area contributed by atoms with E-state index in [4.69, 9.17) is 4.74 Å². The third-order valence-electron chi connectivity index (χ3n) is 2.38. The van der Waals surface area contributed by atoms with E-state index in [2.05, 4.69) is 0 Å². The van der Waals surface area contributed by atoms with E-state index in [1.54, 1.807) is 20.9 Å². The number of hydrogen-bond acceptors (Lipinski definition) is 3. The molecule has 0 spiro atoms. The minimum atomic E-state index is -0.870. The topological polar surface area (TPSA) is 49.8 Å². The summed E-state index contributed by atoms with van der Waals surface area (Å²) in [5, 5.41) is 9.62. The maximum absolute atomic E-state index is 11.7. The van der Waals surface area contributed by atoms with Gasteiger partial charge in [0.2, 0.25) is 5.91 Å². The van der Waals surface area contributed by atoms with Crippen LogP contribution in [0, 0.1) is 0 Å².